The summed E-state index contributed by atoms with van der Waals surface area (Å²) in [6.07, 6.45) is 2.01. The Bertz CT molecular complexity index is 591. The number of nitrogens with zero attached hydrogens (tertiary/aromatic N) is 4. The zero-order valence-corrected chi connectivity index (χ0v) is 14.3. The molecule has 6 heteroatoms. The molecule has 0 fully saturated rings. The molecule has 0 atom stereocenters. The van der Waals surface area contributed by atoms with E-state index in [2.05, 4.69) is 58.3 Å². The van der Waals surface area contributed by atoms with Gasteiger partial charge in [0.15, 0.2) is 0 Å². The van der Waals surface area contributed by atoms with Crippen LogP contribution in [0.3, 0.4) is 0 Å². The van der Waals surface area contributed by atoms with Crippen molar-refractivity contribution in [2.24, 2.45) is 7.05 Å². The van der Waals surface area contributed by atoms with Gasteiger partial charge >= 0.3 is 0 Å². The van der Waals surface area contributed by atoms with Gasteiger partial charge in [-0.3, -0.25) is 9.36 Å². The molecule has 0 unspecified atom stereocenters. The van der Waals surface area contributed by atoms with Gasteiger partial charge in [-0.05, 0) is 49.7 Å². The fraction of sp³-hybridized carbons (Fsp3) is 0.571. The number of rotatable bonds is 4. The van der Waals surface area contributed by atoms with Gasteiger partial charge in [-0.2, -0.15) is 10.2 Å². The molecular weight excluding hydrogens is 318 g/mol. The third-order valence-corrected chi connectivity index (χ3v) is 4.10. The zero-order valence-electron chi connectivity index (χ0n) is 12.7. The average molecular weight is 340 g/mol. The normalized spacial score (nSPS) is 12.1. The van der Waals surface area contributed by atoms with Crippen LogP contribution in [0.5, 0.6) is 0 Å². The highest BCUT2D eigenvalue weighted by molar-refractivity contribution is 9.10. The van der Waals surface area contributed by atoms with Crippen molar-refractivity contribution in [3.05, 3.63) is 33.8 Å². The Morgan fingerprint density at radius 2 is 2.00 bits per heavy atom. The van der Waals surface area contributed by atoms with Gasteiger partial charge in [0, 0.05) is 25.3 Å². The molecule has 1 N–H and O–H groups in total. The lowest BCUT2D eigenvalue weighted by atomic mass is 10.1. The third kappa shape index (κ3) is 3.70. The summed E-state index contributed by atoms with van der Waals surface area (Å²) in [5, 5.41) is 12.4. The Labute approximate surface area is 128 Å². The summed E-state index contributed by atoms with van der Waals surface area (Å²) in [5.74, 6) is 0. The third-order valence-electron chi connectivity index (χ3n) is 3.07. The summed E-state index contributed by atoms with van der Waals surface area (Å²) >= 11 is 3.59. The summed E-state index contributed by atoms with van der Waals surface area (Å²) in [6.45, 7) is 9.95. The van der Waals surface area contributed by atoms with E-state index in [1.165, 1.54) is 0 Å². The SMILES string of the molecule is Cc1nn(C)c(Cn2ccc(CNC(C)(C)C)n2)c1Br. The molecule has 20 heavy (non-hydrogen) atoms. The van der Waals surface area contributed by atoms with Crippen LogP contribution in [-0.2, 0) is 20.1 Å². The van der Waals surface area contributed by atoms with Crippen molar-refractivity contribution in [3.63, 3.8) is 0 Å². The monoisotopic (exact) mass is 339 g/mol. The van der Waals surface area contributed by atoms with Crippen LogP contribution in [0.2, 0.25) is 0 Å². The fourth-order valence-corrected chi connectivity index (χ4v) is 2.41. The van der Waals surface area contributed by atoms with Crippen LogP contribution >= 0.6 is 15.9 Å². The molecule has 2 aromatic rings. The van der Waals surface area contributed by atoms with E-state index >= 15 is 0 Å². The maximum absolute atomic E-state index is 4.59. The maximum Gasteiger partial charge on any atom is 0.0839 e. The van der Waals surface area contributed by atoms with E-state index < -0.39 is 0 Å². The molecular formula is C14H22BrN5. The molecule has 110 valence electrons. The first kappa shape index (κ1) is 15.3. The van der Waals surface area contributed by atoms with E-state index in [9.17, 15) is 0 Å². The first-order chi connectivity index (χ1) is 9.26. The maximum atomic E-state index is 4.59. The van der Waals surface area contributed by atoms with E-state index in [1.807, 2.05) is 29.5 Å². The van der Waals surface area contributed by atoms with Gasteiger partial charge in [0.25, 0.3) is 0 Å². The highest BCUT2D eigenvalue weighted by Crippen LogP contribution is 2.20. The van der Waals surface area contributed by atoms with Crippen LogP contribution in [0, 0.1) is 6.92 Å². The van der Waals surface area contributed by atoms with Gasteiger partial charge in [0.1, 0.15) is 0 Å². The minimum absolute atomic E-state index is 0.103. The highest BCUT2D eigenvalue weighted by Gasteiger charge is 2.13. The van der Waals surface area contributed by atoms with Crippen LogP contribution in [0.25, 0.3) is 0 Å². The molecule has 0 spiro atoms. The lowest BCUT2D eigenvalue weighted by Gasteiger charge is -2.19. The van der Waals surface area contributed by atoms with Crippen molar-refractivity contribution in [1.29, 1.82) is 0 Å². The molecule has 0 aliphatic heterocycles. The van der Waals surface area contributed by atoms with Crippen molar-refractivity contribution < 1.29 is 0 Å². The van der Waals surface area contributed by atoms with Crippen molar-refractivity contribution in [3.8, 4) is 0 Å². The van der Waals surface area contributed by atoms with Crippen molar-refractivity contribution in [2.45, 2.75) is 46.3 Å². The molecule has 5 nitrogen and oxygen atoms in total. The van der Waals surface area contributed by atoms with Crippen LogP contribution in [0.1, 0.15) is 37.9 Å². The number of aromatic nitrogens is 4. The molecule has 0 bridgehead atoms. The average Bonchev–Trinajstić information content (AvgIpc) is 2.87. The van der Waals surface area contributed by atoms with Crippen LogP contribution in [0.15, 0.2) is 16.7 Å². The fourth-order valence-electron chi connectivity index (χ4n) is 1.95. The summed E-state index contributed by atoms with van der Waals surface area (Å²) < 4.78 is 4.90. The Balaban J connectivity index is 2.06. The Morgan fingerprint density at radius 3 is 2.55 bits per heavy atom. The second-order valence-electron chi connectivity index (χ2n) is 6.08. The lowest BCUT2D eigenvalue weighted by Crippen LogP contribution is -2.35. The molecule has 0 saturated heterocycles. The summed E-state index contributed by atoms with van der Waals surface area (Å²) in [7, 11) is 1.96. The van der Waals surface area contributed by atoms with Crippen molar-refractivity contribution >= 4 is 15.9 Å². The molecule has 0 saturated carbocycles. The smallest absolute Gasteiger partial charge is 0.0839 e. The molecule has 0 amide bonds. The van der Waals surface area contributed by atoms with Gasteiger partial charge in [-0.1, -0.05) is 0 Å². The number of nitrogens with one attached hydrogen (secondary N) is 1. The van der Waals surface area contributed by atoms with Gasteiger partial charge in [0.05, 0.1) is 28.1 Å². The number of hydrogen-bond donors (Lipinski definition) is 1. The topological polar surface area (TPSA) is 47.7 Å². The molecule has 2 aromatic heterocycles. The standard InChI is InChI=1S/C14H22BrN5/c1-10-13(15)12(19(5)17-10)9-20-7-6-11(18-20)8-16-14(2,3)4/h6-7,16H,8-9H2,1-5H3. The van der Waals surface area contributed by atoms with Gasteiger partial charge < -0.3 is 5.32 Å². The second-order valence-corrected chi connectivity index (χ2v) is 6.87. The van der Waals surface area contributed by atoms with E-state index in [0.717, 1.165) is 28.1 Å². The molecule has 0 aromatic carbocycles. The van der Waals surface area contributed by atoms with E-state index in [-0.39, 0.29) is 5.54 Å². The number of hydrogen-bond acceptors (Lipinski definition) is 3. The molecule has 2 rings (SSSR count). The van der Waals surface area contributed by atoms with Crippen LogP contribution < -0.4 is 5.32 Å². The first-order valence-corrected chi connectivity index (χ1v) is 7.51. The molecule has 2 heterocycles. The predicted octanol–water partition coefficient (Wildman–Crippen LogP) is 2.62. The highest BCUT2D eigenvalue weighted by atomic mass is 79.9. The van der Waals surface area contributed by atoms with Crippen LogP contribution in [-0.4, -0.2) is 25.1 Å². The molecule has 0 aliphatic rings. The zero-order chi connectivity index (χ0) is 14.9. The quantitative estimate of drug-likeness (QED) is 0.931. The van der Waals surface area contributed by atoms with E-state index in [4.69, 9.17) is 0 Å². The largest absolute Gasteiger partial charge is 0.306 e. The minimum atomic E-state index is 0.103. The van der Waals surface area contributed by atoms with Crippen molar-refractivity contribution in [1.82, 2.24) is 24.9 Å². The Hall–Kier alpha value is -1.14. The van der Waals surface area contributed by atoms with E-state index in [1.54, 1.807) is 0 Å². The predicted molar refractivity (Wildman–Crippen MR) is 83.6 cm³/mol. The second kappa shape index (κ2) is 5.69. The van der Waals surface area contributed by atoms with Crippen molar-refractivity contribution in [2.75, 3.05) is 0 Å². The number of halogens is 1. The summed E-state index contributed by atoms with van der Waals surface area (Å²) in [6, 6.07) is 2.05. The minimum Gasteiger partial charge on any atom is -0.306 e. The summed E-state index contributed by atoms with van der Waals surface area (Å²) in [5.41, 5.74) is 3.28. The van der Waals surface area contributed by atoms with Gasteiger partial charge in [-0.15, -0.1) is 0 Å². The van der Waals surface area contributed by atoms with E-state index in [0.29, 0.717) is 6.54 Å². The Morgan fingerprint density at radius 1 is 1.30 bits per heavy atom. The summed E-state index contributed by atoms with van der Waals surface area (Å²) in [4.78, 5) is 0. The number of aryl methyl sites for hydroxylation is 2. The molecule has 0 aliphatic carbocycles. The lowest BCUT2D eigenvalue weighted by molar-refractivity contribution is 0.419. The Kier molecular flexibility index (Phi) is 4.34. The molecule has 0 radical (unpaired) electrons. The van der Waals surface area contributed by atoms with Gasteiger partial charge in [0.2, 0.25) is 0 Å². The van der Waals surface area contributed by atoms with Gasteiger partial charge in [-0.25, -0.2) is 0 Å². The first-order valence-electron chi connectivity index (χ1n) is 6.71. The van der Waals surface area contributed by atoms with Crippen LogP contribution in [0.4, 0.5) is 0 Å².